The standard InChI is InChI=1S/2C2H3N3S/c2*6-2-3-1-4-5-2/h2*1H,(H2,3,4,5,6). The van der Waals surface area contributed by atoms with E-state index in [9.17, 15) is 0 Å². The van der Waals surface area contributed by atoms with Crippen LogP contribution in [0.2, 0.25) is 0 Å². The van der Waals surface area contributed by atoms with Gasteiger partial charge in [-0.2, -0.15) is 0 Å². The van der Waals surface area contributed by atoms with E-state index in [1.807, 2.05) is 0 Å². The van der Waals surface area contributed by atoms with Crippen molar-refractivity contribution in [2.75, 3.05) is 0 Å². The molecule has 0 saturated carbocycles. The van der Waals surface area contributed by atoms with Crippen molar-refractivity contribution in [2.24, 2.45) is 0 Å². The Morgan fingerprint density at radius 2 is 1.33 bits per heavy atom. The SMILES string of the molecule is S=c1nc[nH][nH]1.S=c1nc[nH][nH]1. The van der Waals surface area contributed by atoms with Gasteiger partial charge in [0.05, 0.1) is 0 Å². The molecular formula is C4H6N6S2. The van der Waals surface area contributed by atoms with Crippen molar-refractivity contribution < 1.29 is 0 Å². The molecule has 2 aromatic rings. The summed E-state index contributed by atoms with van der Waals surface area (Å²) < 4.78 is 0.991. The lowest BCUT2D eigenvalue weighted by molar-refractivity contribution is 1.08. The third kappa shape index (κ3) is 3.21. The molecule has 0 bridgehead atoms. The summed E-state index contributed by atoms with van der Waals surface area (Å²) >= 11 is 9.09. The molecule has 12 heavy (non-hydrogen) atoms. The Hall–Kier alpha value is -1.28. The van der Waals surface area contributed by atoms with Crippen molar-refractivity contribution in [3.63, 3.8) is 0 Å². The molecule has 0 aliphatic carbocycles. The quantitative estimate of drug-likeness (QED) is 0.478. The average Bonchev–Trinajstić information content (AvgIpc) is 2.63. The van der Waals surface area contributed by atoms with Gasteiger partial charge < -0.3 is 0 Å². The smallest absolute Gasteiger partial charge is 0.213 e. The predicted molar refractivity (Wildman–Crippen MR) is 47.5 cm³/mol. The topological polar surface area (TPSA) is 88.9 Å². The second kappa shape index (κ2) is 4.57. The van der Waals surface area contributed by atoms with Gasteiger partial charge in [0.15, 0.2) is 0 Å². The van der Waals surface area contributed by atoms with E-state index in [4.69, 9.17) is 0 Å². The fraction of sp³-hybridized carbons (Fsp3) is 0. The van der Waals surface area contributed by atoms with Gasteiger partial charge in [0.2, 0.25) is 9.54 Å². The zero-order valence-corrected chi connectivity index (χ0v) is 7.50. The van der Waals surface area contributed by atoms with Gasteiger partial charge in [-0.05, 0) is 24.4 Å². The van der Waals surface area contributed by atoms with Crippen LogP contribution in [0, 0.1) is 9.54 Å². The molecule has 0 unspecified atom stereocenters. The molecule has 64 valence electrons. The highest BCUT2D eigenvalue weighted by Gasteiger charge is 1.66. The molecule has 0 aliphatic heterocycles. The first-order valence-electron chi connectivity index (χ1n) is 2.95. The molecule has 2 aromatic heterocycles. The number of aromatic amines is 4. The summed E-state index contributed by atoms with van der Waals surface area (Å²) in [6, 6.07) is 0. The van der Waals surface area contributed by atoms with E-state index in [0.717, 1.165) is 0 Å². The monoisotopic (exact) mass is 202 g/mol. The summed E-state index contributed by atoms with van der Waals surface area (Å²) in [5, 5.41) is 10.3. The number of hydrogen-bond donors (Lipinski definition) is 4. The van der Waals surface area contributed by atoms with Crippen molar-refractivity contribution in [3.05, 3.63) is 22.2 Å². The Morgan fingerprint density at radius 3 is 1.42 bits per heavy atom. The minimum atomic E-state index is 0.495. The zero-order valence-electron chi connectivity index (χ0n) is 5.87. The second-order valence-electron chi connectivity index (χ2n) is 1.67. The molecule has 0 atom stereocenters. The molecule has 0 aliphatic rings. The van der Waals surface area contributed by atoms with Crippen LogP contribution in [-0.4, -0.2) is 30.4 Å². The predicted octanol–water partition coefficient (Wildman–Crippen LogP) is 0.935. The van der Waals surface area contributed by atoms with Gasteiger partial charge in [-0.3, -0.25) is 20.4 Å². The lowest BCUT2D eigenvalue weighted by atomic mass is 11.3. The van der Waals surface area contributed by atoms with Gasteiger partial charge in [-0.15, -0.1) is 0 Å². The summed E-state index contributed by atoms with van der Waals surface area (Å²) in [7, 11) is 0. The Morgan fingerprint density at radius 1 is 0.917 bits per heavy atom. The first-order valence-corrected chi connectivity index (χ1v) is 3.77. The molecule has 2 rings (SSSR count). The Balaban J connectivity index is 0.000000120. The maximum Gasteiger partial charge on any atom is 0.213 e. The highest BCUT2D eigenvalue weighted by atomic mass is 32.1. The van der Waals surface area contributed by atoms with Crippen LogP contribution < -0.4 is 0 Å². The first kappa shape index (κ1) is 8.81. The van der Waals surface area contributed by atoms with Crippen molar-refractivity contribution in [2.45, 2.75) is 0 Å². The molecule has 2 heterocycles. The van der Waals surface area contributed by atoms with Gasteiger partial charge in [-0.1, -0.05) is 0 Å². The molecule has 0 aromatic carbocycles. The lowest BCUT2D eigenvalue weighted by Gasteiger charge is -1.54. The molecular weight excluding hydrogens is 196 g/mol. The largest absolute Gasteiger partial charge is 0.288 e. The molecule has 0 spiro atoms. The molecule has 4 N–H and O–H groups in total. The molecule has 0 amide bonds. The Labute approximate surface area is 77.4 Å². The summed E-state index contributed by atoms with van der Waals surface area (Å²) in [6.07, 6.45) is 3.00. The Kier molecular flexibility index (Phi) is 3.35. The van der Waals surface area contributed by atoms with Gasteiger partial charge in [0.25, 0.3) is 0 Å². The molecule has 0 radical (unpaired) electrons. The van der Waals surface area contributed by atoms with Crippen LogP contribution in [0.15, 0.2) is 12.7 Å². The van der Waals surface area contributed by atoms with Gasteiger partial charge >= 0.3 is 0 Å². The maximum atomic E-state index is 4.55. The second-order valence-corrected chi connectivity index (χ2v) is 2.44. The van der Waals surface area contributed by atoms with Crippen molar-refractivity contribution in [1.29, 1.82) is 0 Å². The number of nitrogens with zero attached hydrogens (tertiary/aromatic N) is 2. The van der Waals surface area contributed by atoms with Crippen LogP contribution in [0.5, 0.6) is 0 Å². The molecule has 6 nitrogen and oxygen atoms in total. The molecule has 0 saturated heterocycles. The number of aromatic nitrogens is 6. The van der Waals surface area contributed by atoms with E-state index in [0.29, 0.717) is 9.54 Å². The number of nitrogens with one attached hydrogen (secondary N) is 4. The summed E-state index contributed by atoms with van der Waals surface area (Å²) in [5.74, 6) is 0. The van der Waals surface area contributed by atoms with Crippen LogP contribution in [0.3, 0.4) is 0 Å². The zero-order chi connectivity index (χ0) is 8.81. The summed E-state index contributed by atoms with van der Waals surface area (Å²) in [4.78, 5) is 7.24. The van der Waals surface area contributed by atoms with Crippen LogP contribution >= 0.6 is 24.4 Å². The fourth-order valence-electron chi connectivity index (χ4n) is 0.434. The fourth-order valence-corrected chi connectivity index (χ4v) is 0.658. The minimum absolute atomic E-state index is 0.495. The van der Waals surface area contributed by atoms with Crippen molar-refractivity contribution in [1.82, 2.24) is 30.4 Å². The first-order chi connectivity index (χ1) is 5.79. The molecule has 8 heteroatoms. The van der Waals surface area contributed by atoms with E-state index >= 15 is 0 Å². The van der Waals surface area contributed by atoms with Crippen LogP contribution in [-0.2, 0) is 0 Å². The molecule has 0 fully saturated rings. The third-order valence-corrected chi connectivity index (χ3v) is 1.27. The van der Waals surface area contributed by atoms with Crippen molar-refractivity contribution in [3.8, 4) is 0 Å². The van der Waals surface area contributed by atoms with Gasteiger partial charge in [-0.25, -0.2) is 9.97 Å². The van der Waals surface area contributed by atoms with E-state index in [-0.39, 0.29) is 0 Å². The Bertz CT molecular complexity index is 333. The highest BCUT2D eigenvalue weighted by Crippen LogP contribution is 1.66. The lowest BCUT2D eigenvalue weighted by Crippen LogP contribution is -1.59. The van der Waals surface area contributed by atoms with E-state index < -0.39 is 0 Å². The average molecular weight is 202 g/mol. The highest BCUT2D eigenvalue weighted by molar-refractivity contribution is 7.71. The van der Waals surface area contributed by atoms with Gasteiger partial charge in [0, 0.05) is 0 Å². The number of hydrogen-bond acceptors (Lipinski definition) is 4. The van der Waals surface area contributed by atoms with E-state index in [2.05, 4.69) is 54.8 Å². The van der Waals surface area contributed by atoms with E-state index in [1.54, 1.807) is 0 Å². The summed E-state index contributed by atoms with van der Waals surface area (Å²) in [6.45, 7) is 0. The summed E-state index contributed by atoms with van der Waals surface area (Å²) in [5.41, 5.74) is 0. The van der Waals surface area contributed by atoms with Crippen LogP contribution in [0.25, 0.3) is 0 Å². The number of H-pyrrole nitrogens is 4. The van der Waals surface area contributed by atoms with Gasteiger partial charge in [0.1, 0.15) is 12.7 Å². The van der Waals surface area contributed by atoms with Crippen LogP contribution in [0.1, 0.15) is 0 Å². The van der Waals surface area contributed by atoms with Crippen LogP contribution in [0.4, 0.5) is 0 Å². The maximum absolute atomic E-state index is 4.55. The third-order valence-electron chi connectivity index (χ3n) is 0.851. The normalized spacial score (nSPS) is 8.67. The minimum Gasteiger partial charge on any atom is -0.288 e. The van der Waals surface area contributed by atoms with E-state index in [1.165, 1.54) is 12.7 Å². The number of rotatable bonds is 0. The van der Waals surface area contributed by atoms with Crippen molar-refractivity contribution >= 4 is 24.4 Å².